The summed E-state index contributed by atoms with van der Waals surface area (Å²) in [6.45, 7) is 2.11. The molecule has 2 amide bonds. The van der Waals surface area contributed by atoms with Gasteiger partial charge in [-0.25, -0.2) is 0 Å². The summed E-state index contributed by atoms with van der Waals surface area (Å²) in [7, 11) is 4.71. The highest BCUT2D eigenvalue weighted by Gasteiger charge is 2.47. The molecule has 0 radical (unpaired) electrons. The van der Waals surface area contributed by atoms with Gasteiger partial charge in [-0.1, -0.05) is 30.3 Å². The molecule has 7 nitrogen and oxygen atoms in total. The van der Waals surface area contributed by atoms with Crippen molar-refractivity contribution < 1.29 is 23.8 Å². The van der Waals surface area contributed by atoms with Gasteiger partial charge < -0.3 is 19.5 Å². The second-order valence-electron chi connectivity index (χ2n) is 8.35. The van der Waals surface area contributed by atoms with E-state index in [1.54, 1.807) is 57.4 Å². The van der Waals surface area contributed by atoms with Crippen LogP contribution in [0.25, 0.3) is 0 Å². The molecule has 1 atom stereocenters. The zero-order valence-corrected chi connectivity index (χ0v) is 19.8. The Morgan fingerprint density at radius 3 is 2.15 bits per heavy atom. The van der Waals surface area contributed by atoms with Gasteiger partial charge in [-0.05, 0) is 36.2 Å². The number of ether oxygens (including phenoxy) is 3. The number of benzene rings is 3. The van der Waals surface area contributed by atoms with Crippen LogP contribution in [-0.2, 0) is 17.8 Å². The normalized spacial score (nSPS) is 17.1. The SMILES string of the molecule is COc1ccc(CNC(=O)C2(C)Cc3ccccc3C(=O)N2c2cc(OC)cc(OC)c2)cc1. The maximum Gasteiger partial charge on any atom is 0.259 e. The third-order valence-electron chi connectivity index (χ3n) is 6.17. The van der Waals surface area contributed by atoms with E-state index in [-0.39, 0.29) is 11.8 Å². The van der Waals surface area contributed by atoms with Gasteiger partial charge in [0, 0.05) is 36.7 Å². The van der Waals surface area contributed by atoms with Crippen LogP contribution in [0.3, 0.4) is 0 Å². The van der Waals surface area contributed by atoms with Crippen LogP contribution in [0.4, 0.5) is 5.69 Å². The molecule has 7 heteroatoms. The molecule has 4 rings (SSSR count). The summed E-state index contributed by atoms with van der Waals surface area (Å²) in [4.78, 5) is 28.9. The number of nitrogens with zero attached hydrogens (tertiary/aromatic N) is 1. The number of hydrogen-bond acceptors (Lipinski definition) is 5. The largest absolute Gasteiger partial charge is 0.497 e. The maximum atomic E-state index is 13.7. The molecule has 0 saturated heterocycles. The number of nitrogens with one attached hydrogen (secondary N) is 1. The molecule has 0 spiro atoms. The van der Waals surface area contributed by atoms with Gasteiger partial charge in [0.15, 0.2) is 0 Å². The average molecular weight is 461 g/mol. The van der Waals surface area contributed by atoms with Crippen molar-refractivity contribution in [2.24, 2.45) is 0 Å². The molecule has 1 heterocycles. The topological polar surface area (TPSA) is 77.1 Å². The fourth-order valence-corrected chi connectivity index (χ4v) is 4.30. The van der Waals surface area contributed by atoms with Crippen molar-refractivity contribution in [2.75, 3.05) is 26.2 Å². The highest BCUT2D eigenvalue weighted by atomic mass is 16.5. The molecule has 1 N–H and O–H groups in total. The number of carbonyl (C=O) groups is 2. The molecule has 176 valence electrons. The first-order valence-electron chi connectivity index (χ1n) is 11.0. The van der Waals surface area contributed by atoms with E-state index < -0.39 is 5.54 Å². The van der Waals surface area contributed by atoms with Crippen LogP contribution < -0.4 is 24.4 Å². The number of amides is 2. The second-order valence-corrected chi connectivity index (χ2v) is 8.35. The Kier molecular flexibility index (Phi) is 6.45. The Bertz CT molecular complexity index is 1190. The Morgan fingerprint density at radius 1 is 0.912 bits per heavy atom. The Labute approximate surface area is 199 Å². The van der Waals surface area contributed by atoms with E-state index in [4.69, 9.17) is 14.2 Å². The van der Waals surface area contributed by atoms with Gasteiger partial charge in [0.1, 0.15) is 22.8 Å². The molecule has 3 aromatic carbocycles. The van der Waals surface area contributed by atoms with Crippen LogP contribution >= 0.6 is 0 Å². The quantitative estimate of drug-likeness (QED) is 0.577. The Balaban J connectivity index is 1.72. The van der Waals surface area contributed by atoms with Crippen LogP contribution in [0.5, 0.6) is 17.2 Å². The molecule has 1 aliphatic heterocycles. The molecule has 3 aromatic rings. The van der Waals surface area contributed by atoms with E-state index in [9.17, 15) is 9.59 Å². The molecule has 1 aliphatic rings. The monoisotopic (exact) mass is 460 g/mol. The summed E-state index contributed by atoms with van der Waals surface area (Å²) in [5, 5.41) is 3.02. The maximum absolute atomic E-state index is 13.7. The third-order valence-corrected chi connectivity index (χ3v) is 6.17. The number of hydrogen-bond donors (Lipinski definition) is 1. The minimum atomic E-state index is -1.17. The smallest absolute Gasteiger partial charge is 0.259 e. The van der Waals surface area contributed by atoms with E-state index in [0.717, 1.165) is 16.9 Å². The van der Waals surface area contributed by atoms with Crippen molar-refractivity contribution >= 4 is 17.5 Å². The molecular weight excluding hydrogens is 432 g/mol. The van der Waals surface area contributed by atoms with Crippen molar-refractivity contribution in [1.82, 2.24) is 5.32 Å². The minimum Gasteiger partial charge on any atom is -0.497 e. The van der Waals surface area contributed by atoms with Crippen molar-refractivity contribution in [1.29, 1.82) is 0 Å². The highest BCUT2D eigenvalue weighted by Crippen LogP contribution is 2.38. The summed E-state index contributed by atoms with van der Waals surface area (Å²) in [5.74, 6) is 1.30. The number of rotatable bonds is 7. The lowest BCUT2D eigenvalue weighted by Gasteiger charge is -2.44. The van der Waals surface area contributed by atoms with Crippen LogP contribution in [0.15, 0.2) is 66.7 Å². The summed E-state index contributed by atoms with van der Waals surface area (Å²) in [5.41, 5.74) is 1.69. The average Bonchev–Trinajstić information content (AvgIpc) is 2.87. The van der Waals surface area contributed by atoms with Crippen LogP contribution in [-0.4, -0.2) is 38.7 Å². The number of methoxy groups -OCH3 is 3. The lowest BCUT2D eigenvalue weighted by molar-refractivity contribution is -0.126. The third kappa shape index (κ3) is 4.29. The molecule has 0 saturated carbocycles. The summed E-state index contributed by atoms with van der Waals surface area (Å²) >= 11 is 0. The van der Waals surface area contributed by atoms with E-state index in [0.29, 0.717) is 35.7 Å². The van der Waals surface area contributed by atoms with Crippen LogP contribution in [0.1, 0.15) is 28.4 Å². The first-order chi connectivity index (χ1) is 16.4. The lowest BCUT2D eigenvalue weighted by atomic mass is 9.82. The van der Waals surface area contributed by atoms with Crippen molar-refractivity contribution in [3.8, 4) is 17.2 Å². The van der Waals surface area contributed by atoms with E-state index in [2.05, 4.69) is 5.32 Å². The first kappa shape index (κ1) is 23.2. The van der Waals surface area contributed by atoms with E-state index in [1.165, 1.54) is 0 Å². The van der Waals surface area contributed by atoms with Gasteiger partial charge in [0.25, 0.3) is 5.91 Å². The standard InChI is InChI=1S/C27H28N2O5/c1-27(26(31)28-17-18-9-11-21(32-2)12-10-18)16-19-7-5-6-8-24(19)25(30)29(27)20-13-22(33-3)15-23(14-20)34-4/h5-15H,16-17H2,1-4H3,(H,28,31). The predicted molar refractivity (Wildman–Crippen MR) is 130 cm³/mol. The van der Waals surface area contributed by atoms with Crippen molar-refractivity contribution in [2.45, 2.75) is 25.4 Å². The fourth-order valence-electron chi connectivity index (χ4n) is 4.30. The molecule has 0 aromatic heterocycles. The van der Waals surface area contributed by atoms with Gasteiger partial charge in [-0.3, -0.25) is 14.5 Å². The summed E-state index contributed by atoms with van der Waals surface area (Å²) in [6.07, 6.45) is 0.364. The van der Waals surface area contributed by atoms with Crippen molar-refractivity contribution in [3.63, 3.8) is 0 Å². The Hall–Kier alpha value is -4.00. The highest BCUT2D eigenvalue weighted by molar-refractivity contribution is 6.14. The van der Waals surface area contributed by atoms with Crippen LogP contribution in [0, 0.1) is 0 Å². The van der Waals surface area contributed by atoms with Gasteiger partial charge in [-0.15, -0.1) is 0 Å². The molecule has 0 aliphatic carbocycles. The second kappa shape index (κ2) is 9.47. The van der Waals surface area contributed by atoms with E-state index >= 15 is 0 Å². The number of fused-ring (bicyclic) bond motifs is 1. The molecular formula is C27H28N2O5. The fraction of sp³-hybridized carbons (Fsp3) is 0.259. The van der Waals surface area contributed by atoms with Gasteiger partial charge in [0.05, 0.1) is 27.0 Å². The zero-order chi connectivity index (χ0) is 24.3. The lowest BCUT2D eigenvalue weighted by Crippen LogP contribution is -2.63. The Morgan fingerprint density at radius 2 is 1.53 bits per heavy atom. The minimum absolute atomic E-state index is 0.251. The van der Waals surface area contributed by atoms with Crippen molar-refractivity contribution in [3.05, 3.63) is 83.4 Å². The summed E-state index contributed by atoms with van der Waals surface area (Å²) in [6, 6.07) is 20.1. The first-order valence-corrected chi connectivity index (χ1v) is 11.0. The zero-order valence-electron chi connectivity index (χ0n) is 19.8. The van der Waals surface area contributed by atoms with Crippen LogP contribution in [0.2, 0.25) is 0 Å². The van der Waals surface area contributed by atoms with E-state index in [1.807, 2.05) is 42.5 Å². The van der Waals surface area contributed by atoms with Gasteiger partial charge in [-0.2, -0.15) is 0 Å². The van der Waals surface area contributed by atoms with Gasteiger partial charge >= 0.3 is 0 Å². The number of carbonyl (C=O) groups excluding carboxylic acids is 2. The predicted octanol–water partition coefficient (Wildman–Crippen LogP) is 3.99. The molecule has 0 bridgehead atoms. The molecule has 1 unspecified atom stereocenters. The molecule has 34 heavy (non-hydrogen) atoms. The summed E-state index contributed by atoms with van der Waals surface area (Å²) < 4.78 is 16.0. The van der Waals surface area contributed by atoms with Gasteiger partial charge in [0.2, 0.25) is 5.91 Å². The number of anilines is 1. The molecule has 0 fully saturated rings.